The number of rotatable bonds is 2. The lowest BCUT2D eigenvalue weighted by molar-refractivity contribution is 0.0577. The van der Waals surface area contributed by atoms with Gasteiger partial charge in [0.2, 0.25) is 0 Å². The third kappa shape index (κ3) is 1.89. The molecule has 4 rings (SSSR count). The van der Waals surface area contributed by atoms with Gasteiger partial charge in [-0.1, -0.05) is 12.1 Å². The van der Waals surface area contributed by atoms with Gasteiger partial charge in [-0.15, -0.1) is 0 Å². The van der Waals surface area contributed by atoms with E-state index in [9.17, 15) is 14.4 Å². The van der Waals surface area contributed by atoms with E-state index in [1.54, 1.807) is 30.3 Å². The first kappa shape index (κ1) is 14.6. The summed E-state index contributed by atoms with van der Waals surface area (Å²) < 4.78 is 4.77. The van der Waals surface area contributed by atoms with Gasteiger partial charge in [-0.3, -0.25) is 14.5 Å². The number of nitrogens with zero attached hydrogens (tertiary/aromatic N) is 2. The summed E-state index contributed by atoms with van der Waals surface area (Å²) in [6.45, 7) is 0. The molecule has 6 heteroatoms. The Kier molecular flexibility index (Phi) is 3.19. The first-order valence-electron chi connectivity index (χ1n) is 7.66. The van der Waals surface area contributed by atoms with Crippen molar-refractivity contribution in [3.05, 3.63) is 64.5 Å². The summed E-state index contributed by atoms with van der Waals surface area (Å²) in [5.41, 5.74) is 2.66. The van der Waals surface area contributed by atoms with Crippen LogP contribution in [0, 0.1) is 0 Å². The Morgan fingerprint density at radius 1 is 1.17 bits per heavy atom. The summed E-state index contributed by atoms with van der Waals surface area (Å²) >= 11 is 0. The van der Waals surface area contributed by atoms with Crippen molar-refractivity contribution < 1.29 is 19.1 Å². The molecule has 1 aromatic carbocycles. The van der Waals surface area contributed by atoms with Gasteiger partial charge in [0.1, 0.15) is 0 Å². The number of methoxy groups -OCH3 is 1. The molecule has 0 radical (unpaired) electrons. The molecule has 1 unspecified atom stereocenters. The maximum absolute atomic E-state index is 12.7. The van der Waals surface area contributed by atoms with Gasteiger partial charge >= 0.3 is 5.97 Å². The van der Waals surface area contributed by atoms with Crippen LogP contribution in [0.25, 0.3) is 0 Å². The van der Waals surface area contributed by atoms with Crippen molar-refractivity contribution in [1.82, 2.24) is 9.88 Å². The monoisotopic (exact) mass is 322 g/mol. The van der Waals surface area contributed by atoms with Crippen LogP contribution in [-0.2, 0) is 11.2 Å². The summed E-state index contributed by atoms with van der Waals surface area (Å²) in [6.07, 6.45) is 2.67. The SMILES string of the molecule is COC(=O)c1nccc2c1CCC2N1C(=O)c2ccccc2C1=O. The van der Waals surface area contributed by atoms with E-state index in [1.807, 2.05) is 0 Å². The van der Waals surface area contributed by atoms with E-state index in [2.05, 4.69) is 4.98 Å². The van der Waals surface area contributed by atoms with Gasteiger partial charge in [0.15, 0.2) is 5.69 Å². The second-order valence-electron chi connectivity index (χ2n) is 5.80. The lowest BCUT2D eigenvalue weighted by Gasteiger charge is -2.23. The number of imide groups is 1. The quantitative estimate of drug-likeness (QED) is 0.625. The third-order valence-electron chi connectivity index (χ3n) is 4.63. The minimum Gasteiger partial charge on any atom is -0.464 e. The molecule has 1 aromatic heterocycles. The average Bonchev–Trinajstić information content (AvgIpc) is 3.14. The summed E-state index contributed by atoms with van der Waals surface area (Å²) in [5, 5.41) is 0. The molecule has 6 nitrogen and oxygen atoms in total. The number of hydrogen-bond acceptors (Lipinski definition) is 5. The minimum absolute atomic E-state index is 0.258. The summed E-state index contributed by atoms with van der Waals surface area (Å²) in [5.74, 6) is -1.08. The number of benzene rings is 1. The minimum atomic E-state index is -0.505. The molecular weight excluding hydrogens is 308 g/mol. The second-order valence-corrected chi connectivity index (χ2v) is 5.80. The smallest absolute Gasteiger partial charge is 0.356 e. The van der Waals surface area contributed by atoms with Crippen LogP contribution >= 0.6 is 0 Å². The Morgan fingerprint density at radius 3 is 2.46 bits per heavy atom. The Balaban J connectivity index is 1.77. The highest BCUT2D eigenvalue weighted by molar-refractivity contribution is 6.21. The van der Waals surface area contributed by atoms with E-state index in [0.29, 0.717) is 24.0 Å². The number of esters is 1. The summed E-state index contributed by atoms with van der Waals surface area (Å²) in [7, 11) is 1.31. The van der Waals surface area contributed by atoms with E-state index >= 15 is 0 Å². The predicted molar refractivity (Wildman–Crippen MR) is 83.6 cm³/mol. The molecule has 2 aliphatic rings. The molecule has 2 amide bonds. The lowest BCUT2D eigenvalue weighted by Crippen LogP contribution is -2.33. The number of amides is 2. The fourth-order valence-electron chi connectivity index (χ4n) is 3.55. The van der Waals surface area contributed by atoms with Gasteiger partial charge in [-0.2, -0.15) is 0 Å². The van der Waals surface area contributed by atoms with Gasteiger partial charge in [0, 0.05) is 6.20 Å². The van der Waals surface area contributed by atoms with Gasteiger partial charge in [-0.05, 0) is 42.2 Å². The van der Waals surface area contributed by atoms with Crippen LogP contribution in [0.5, 0.6) is 0 Å². The maximum atomic E-state index is 12.7. The second kappa shape index (κ2) is 5.26. The molecule has 2 heterocycles. The molecule has 24 heavy (non-hydrogen) atoms. The van der Waals surface area contributed by atoms with Crippen LogP contribution in [0.1, 0.15) is 54.8 Å². The van der Waals surface area contributed by atoms with Crippen molar-refractivity contribution in [3.63, 3.8) is 0 Å². The molecule has 0 fully saturated rings. The predicted octanol–water partition coefficient (Wildman–Crippen LogP) is 2.15. The topological polar surface area (TPSA) is 76.6 Å². The number of pyridine rings is 1. The van der Waals surface area contributed by atoms with E-state index in [4.69, 9.17) is 4.74 Å². The summed E-state index contributed by atoms with van der Waals surface area (Å²) in [4.78, 5) is 42.6. The Bertz CT molecular complexity index is 855. The maximum Gasteiger partial charge on any atom is 0.356 e. The fraction of sp³-hybridized carbons (Fsp3) is 0.222. The van der Waals surface area contributed by atoms with Crippen molar-refractivity contribution in [2.75, 3.05) is 7.11 Å². The number of carbonyl (C=O) groups excluding carboxylic acids is 3. The molecule has 2 aromatic rings. The van der Waals surface area contributed by atoms with Crippen molar-refractivity contribution >= 4 is 17.8 Å². The molecule has 0 N–H and O–H groups in total. The molecule has 0 spiro atoms. The van der Waals surface area contributed by atoms with E-state index in [-0.39, 0.29) is 23.6 Å². The number of aromatic nitrogens is 1. The molecule has 1 aliphatic carbocycles. The molecule has 0 bridgehead atoms. The van der Waals surface area contributed by atoms with Crippen LogP contribution in [0.2, 0.25) is 0 Å². The molecular formula is C18H14N2O4. The summed E-state index contributed by atoms with van der Waals surface area (Å²) in [6, 6.07) is 8.21. The van der Waals surface area contributed by atoms with E-state index in [1.165, 1.54) is 18.2 Å². The van der Waals surface area contributed by atoms with Gasteiger partial charge in [-0.25, -0.2) is 9.78 Å². The zero-order chi connectivity index (χ0) is 16.8. The third-order valence-corrected chi connectivity index (χ3v) is 4.63. The van der Waals surface area contributed by atoms with Gasteiger partial charge in [0.25, 0.3) is 11.8 Å². The van der Waals surface area contributed by atoms with Gasteiger partial charge < -0.3 is 4.74 Å². The van der Waals surface area contributed by atoms with Crippen molar-refractivity contribution in [2.24, 2.45) is 0 Å². The molecule has 120 valence electrons. The molecule has 1 atom stereocenters. The van der Waals surface area contributed by atoms with Crippen molar-refractivity contribution in [2.45, 2.75) is 18.9 Å². The van der Waals surface area contributed by atoms with E-state index in [0.717, 1.165) is 11.1 Å². The number of carbonyl (C=O) groups is 3. The number of ether oxygens (including phenoxy) is 1. The van der Waals surface area contributed by atoms with Crippen LogP contribution in [-0.4, -0.2) is 34.8 Å². The highest BCUT2D eigenvalue weighted by Gasteiger charge is 2.43. The molecule has 1 aliphatic heterocycles. The standard InChI is InChI=1S/C18H14N2O4/c1-24-18(23)15-11-6-7-14(10(11)8-9-19-15)20-16(21)12-4-2-3-5-13(12)17(20)22/h2-5,8-9,14H,6-7H2,1H3. The van der Waals surface area contributed by atoms with Crippen LogP contribution in [0.15, 0.2) is 36.5 Å². The lowest BCUT2D eigenvalue weighted by atomic mass is 10.1. The number of fused-ring (bicyclic) bond motifs is 2. The Labute approximate surface area is 138 Å². The van der Waals surface area contributed by atoms with Crippen LogP contribution in [0.4, 0.5) is 0 Å². The number of hydrogen-bond donors (Lipinski definition) is 0. The Hall–Kier alpha value is -3.02. The fourth-order valence-corrected chi connectivity index (χ4v) is 3.55. The zero-order valence-corrected chi connectivity index (χ0v) is 13.0. The highest BCUT2D eigenvalue weighted by Crippen LogP contribution is 2.40. The van der Waals surface area contributed by atoms with Crippen molar-refractivity contribution in [3.8, 4) is 0 Å². The highest BCUT2D eigenvalue weighted by atomic mass is 16.5. The largest absolute Gasteiger partial charge is 0.464 e. The van der Waals surface area contributed by atoms with Crippen LogP contribution < -0.4 is 0 Å². The van der Waals surface area contributed by atoms with Crippen molar-refractivity contribution in [1.29, 1.82) is 0 Å². The Morgan fingerprint density at radius 2 is 1.83 bits per heavy atom. The first-order chi connectivity index (χ1) is 11.6. The van der Waals surface area contributed by atoms with E-state index < -0.39 is 5.97 Å². The molecule has 0 saturated heterocycles. The first-order valence-corrected chi connectivity index (χ1v) is 7.66. The molecule has 0 saturated carbocycles. The zero-order valence-electron chi connectivity index (χ0n) is 13.0. The van der Waals surface area contributed by atoms with Gasteiger partial charge in [0.05, 0.1) is 24.3 Å². The average molecular weight is 322 g/mol. The normalized spacial score (nSPS) is 18.5. The van der Waals surface area contributed by atoms with Crippen LogP contribution in [0.3, 0.4) is 0 Å².